The van der Waals surface area contributed by atoms with Crippen molar-refractivity contribution in [2.45, 2.75) is 27.2 Å². The quantitative estimate of drug-likeness (QED) is 0.545. The number of hydrogen-bond acceptors (Lipinski definition) is 2. The summed E-state index contributed by atoms with van der Waals surface area (Å²) in [6.45, 7) is 13.0. The molecule has 0 aliphatic carbocycles. The molecule has 0 aromatic carbocycles. The van der Waals surface area contributed by atoms with E-state index in [1.165, 1.54) is 13.0 Å². The normalized spacial score (nSPS) is 10.9. The largest absolute Gasteiger partial charge is 0.304 e. The van der Waals surface area contributed by atoms with Crippen LogP contribution < -0.4 is 0 Å². The Morgan fingerprint density at radius 2 is 1.43 bits per heavy atom. The Balaban J connectivity index is 3.55. The maximum Gasteiger partial charge on any atom is 0.0598 e. The van der Waals surface area contributed by atoms with E-state index in [0.717, 1.165) is 32.7 Å². The molecule has 0 aromatic rings. The lowest BCUT2D eigenvalue weighted by Crippen LogP contribution is -2.30. The maximum absolute atomic E-state index is 5.29. The first-order valence-corrected chi connectivity index (χ1v) is 5.66. The Bertz CT molecular complexity index is 156. The average Bonchev–Trinajstić information content (AvgIpc) is 2.23. The Kier molecular flexibility index (Phi) is 8.72. The molecule has 0 radical (unpaired) electrons. The highest BCUT2D eigenvalue weighted by molar-refractivity contribution is 4.87. The number of nitrogens with zero attached hydrogens (tertiary/aromatic N) is 2. The highest BCUT2D eigenvalue weighted by atomic mass is 15.1. The van der Waals surface area contributed by atoms with Crippen molar-refractivity contribution >= 4 is 0 Å². The molecule has 2 heteroatoms. The number of rotatable bonds is 8. The smallest absolute Gasteiger partial charge is 0.0598 e. The molecule has 0 fully saturated rings. The zero-order valence-electron chi connectivity index (χ0n) is 9.92. The molecule has 2 nitrogen and oxygen atoms in total. The molecule has 0 heterocycles. The van der Waals surface area contributed by atoms with Gasteiger partial charge < -0.3 is 4.90 Å². The summed E-state index contributed by atoms with van der Waals surface area (Å²) in [6.07, 6.45) is 6.51. The van der Waals surface area contributed by atoms with Crippen molar-refractivity contribution in [2.75, 3.05) is 39.3 Å². The minimum absolute atomic E-state index is 0.786. The third-order valence-corrected chi connectivity index (χ3v) is 2.61. The Morgan fingerprint density at radius 3 is 1.86 bits per heavy atom. The molecule has 0 N–H and O–H groups in total. The van der Waals surface area contributed by atoms with Crippen LogP contribution in [0.2, 0.25) is 0 Å². The summed E-state index contributed by atoms with van der Waals surface area (Å²) in [5.74, 6) is 2.70. The molecule has 0 saturated heterocycles. The van der Waals surface area contributed by atoms with Crippen LogP contribution in [0.4, 0.5) is 0 Å². The van der Waals surface area contributed by atoms with E-state index in [9.17, 15) is 0 Å². The van der Waals surface area contributed by atoms with Gasteiger partial charge in [0.25, 0.3) is 0 Å². The van der Waals surface area contributed by atoms with E-state index in [-0.39, 0.29) is 0 Å². The van der Waals surface area contributed by atoms with E-state index in [1.54, 1.807) is 0 Å². The van der Waals surface area contributed by atoms with Crippen molar-refractivity contribution in [1.82, 2.24) is 9.80 Å². The lowest BCUT2D eigenvalue weighted by Gasteiger charge is -2.21. The zero-order chi connectivity index (χ0) is 10.8. The van der Waals surface area contributed by atoms with E-state index in [0.29, 0.717) is 0 Å². The number of terminal acetylenes is 1. The third kappa shape index (κ3) is 6.01. The molecule has 0 aliphatic heterocycles. The maximum atomic E-state index is 5.29. The summed E-state index contributed by atoms with van der Waals surface area (Å²) in [6, 6.07) is 0. The molecule has 0 saturated carbocycles. The highest BCUT2D eigenvalue weighted by Crippen LogP contribution is 1.94. The highest BCUT2D eigenvalue weighted by Gasteiger charge is 2.02. The molecule has 0 bridgehead atoms. The van der Waals surface area contributed by atoms with Gasteiger partial charge in [0.15, 0.2) is 0 Å². The molecule has 0 aromatic heterocycles. The van der Waals surface area contributed by atoms with Crippen LogP contribution in [0.3, 0.4) is 0 Å². The van der Waals surface area contributed by atoms with Crippen molar-refractivity contribution in [1.29, 1.82) is 0 Å². The van der Waals surface area contributed by atoms with Crippen molar-refractivity contribution in [2.24, 2.45) is 0 Å². The van der Waals surface area contributed by atoms with Crippen LogP contribution in [0, 0.1) is 12.3 Å². The first-order chi connectivity index (χ1) is 6.78. The second-order valence-corrected chi connectivity index (χ2v) is 3.45. The van der Waals surface area contributed by atoms with Gasteiger partial charge in [0.2, 0.25) is 0 Å². The van der Waals surface area contributed by atoms with Gasteiger partial charge in [-0.15, -0.1) is 6.42 Å². The predicted octanol–water partition coefficient (Wildman–Crippen LogP) is 1.67. The molecule has 0 atom stereocenters. The molecule has 14 heavy (non-hydrogen) atoms. The average molecular weight is 196 g/mol. The first-order valence-electron chi connectivity index (χ1n) is 5.66. The van der Waals surface area contributed by atoms with Crippen LogP contribution in [-0.4, -0.2) is 49.1 Å². The summed E-state index contributed by atoms with van der Waals surface area (Å²) in [4.78, 5) is 4.76. The van der Waals surface area contributed by atoms with Crippen LogP contribution in [-0.2, 0) is 0 Å². The van der Waals surface area contributed by atoms with Crippen molar-refractivity contribution in [3.05, 3.63) is 0 Å². The lowest BCUT2D eigenvalue weighted by molar-refractivity contribution is 0.258. The lowest BCUT2D eigenvalue weighted by atomic mass is 10.3. The van der Waals surface area contributed by atoms with Gasteiger partial charge in [-0.1, -0.05) is 26.7 Å². The van der Waals surface area contributed by atoms with Gasteiger partial charge >= 0.3 is 0 Å². The summed E-state index contributed by atoms with van der Waals surface area (Å²) in [5.41, 5.74) is 0. The van der Waals surface area contributed by atoms with Crippen LogP contribution >= 0.6 is 0 Å². The second kappa shape index (κ2) is 9.05. The van der Waals surface area contributed by atoms with E-state index in [4.69, 9.17) is 6.42 Å². The van der Waals surface area contributed by atoms with Gasteiger partial charge in [0.1, 0.15) is 0 Å². The predicted molar refractivity (Wildman–Crippen MR) is 63.4 cm³/mol. The Hall–Kier alpha value is -0.520. The van der Waals surface area contributed by atoms with E-state index >= 15 is 0 Å². The van der Waals surface area contributed by atoms with Gasteiger partial charge in [-0.25, -0.2) is 0 Å². The monoisotopic (exact) mass is 196 g/mol. The van der Waals surface area contributed by atoms with Crippen molar-refractivity contribution in [3.63, 3.8) is 0 Å². The molecule has 0 spiro atoms. The van der Waals surface area contributed by atoms with E-state index in [2.05, 4.69) is 36.5 Å². The fourth-order valence-corrected chi connectivity index (χ4v) is 1.54. The fourth-order valence-electron chi connectivity index (χ4n) is 1.54. The SMILES string of the molecule is C#CCN(CC)CCCN(CC)CC. The molecular weight excluding hydrogens is 172 g/mol. The standard InChI is InChI=1S/C12H24N2/c1-5-10-14(8-4)12-9-11-13(6-2)7-3/h1H,6-12H2,2-4H3. The fraction of sp³-hybridized carbons (Fsp3) is 0.833. The summed E-state index contributed by atoms with van der Waals surface area (Å²) >= 11 is 0. The minimum atomic E-state index is 0.786. The van der Waals surface area contributed by atoms with Crippen molar-refractivity contribution < 1.29 is 0 Å². The van der Waals surface area contributed by atoms with Gasteiger partial charge in [-0.3, -0.25) is 4.90 Å². The van der Waals surface area contributed by atoms with Crippen LogP contribution in [0.25, 0.3) is 0 Å². The Morgan fingerprint density at radius 1 is 0.929 bits per heavy atom. The zero-order valence-corrected chi connectivity index (χ0v) is 9.92. The van der Waals surface area contributed by atoms with Gasteiger partial charge in [0.05, 0.1) is 6.54 Å². The van der Waals surface area contributed by atoms with Gasteiger partial charge in [-0.2, -0.15) is 0 Å². The molecule has 0 aliphatic rings. The van der Waals surface area contributed by atoms with Crippen molar-refractivity contribution in [3.8, 4) is 12.3 Å². The molecule has 0 unspecified atom stereocenters. The summed E-state index contributed by atoms with van der Waals surface area (Å²) in [7, 11) is 0. The molecule has 0 amide bonds. The third-order valence-electron chi connectivity index (χ3n) is 2.61. The van der Waals surface area contributed by atoms with Crippen LogP contribution in [0.5, 0.6) is 0 Å². The first kappa shape index (κ1) is 13.5. The number of hydrogen-bond donors (Lipinski definition) is 0. The topological polar surface area (TPSA) is 6.48 Å². The Labute approximate surface area is 89.3 Å². The molecule has 82 valence electrons. The molecular formula is C12H24N2. The van der Waals surface area contributed by atoms with Crippen LogP contribution in [0.15, 0.2) is 0 Å². The van der Waals surface area contributed by atoms with E-state index < -0.39 is 0 Å². The minimum Gasteiger partial charge on any atom is -0.304 e. The van der Waals surface area contributed by atoms with Gasteiger partial charge in [-0.05, 0) is 32.6 Å². The summed E-state index contributed by atoms with van der Waals surface area (Å²) in [5, 5.41) is 0. The van der Waals surface area contributed by atoms with Crippen LogP contribution in [0.1, 0.15) is 27.2 Å². The van der Waals surface area contributed by atoms with E-state index in [1.807, 2.05) is 0 Å². The van der Waals surface area contributed by atoms with Gasteiger partial charge in [0, 0.05) is 6.54 Å². The second-order valence-electron chi connectivity index (χ2n) is 3.45. The molecule has 0 rings (SSSR count). The summed E-state index contributed by atoms with van der Waals surface area (Å²) < 4.78 is 0.